The minimum Gasteiger partial charge on any atom is -0.480 e. The van der Waals surface area contributed by atoms with E-state index >= 15 is 0 Å². The maximum absolute atomic E-state index is 11.9. The van der Waals surface area contributed by atoms with E-state index in [0.717, 1.165) is 38.5 Å². The first-order valence-electron chi connectivity index (χ1n) is 8.86. The number of carbonyl (C=O) groups excluding carboxylic acids is 2. The molecular weight excluding hydrogens is 324 g/mol. The summed E-state index contributed by atoms with van der Waals surface area (Å²) in [6.07, 6.45) is 7.92. The molecule has 7 heteroatoms. The molecule has 0 aromatic rings. The molecule has 1 unspecified atom stereocenters. The average Bonchev–Trinajstić information content (AvgIpc) is 2.56. The van der Waals surface area contributed by atoms with E-state index < -0.39 is 29.9 Å². The van der Waals surface area contributed by atoms with Gasteiger partial charge in [0.05, 0.1) is 6.10 Å². The number of hydrogen-bond donors (Lipinski definition) is 3. The Morgan fingerprint density at radius 3 is 2.36 bits per heavy atom. The second kappa shape index (κ2) is 13.4. The Bertz CT molecular complexity index is 439. The SMILES string of the molecule is C=CCCCCCC(CC)OCC(=O)N[C@@H](C)C(=O)N[C@@H](C)C(=O)O. The Morgan fingerprint density at radius 2 is 1.80 bits per heavy atom. The first kappa shape index (κ1) is 23.1. The van der Waals surface area contributed by atoms with E-state index in [1.165, 1.54) is 13.8 Å². The van der Waals surface area contributed by atoms with Gasteiger partial charge in [-0.05, 0) is 39.5 Å². The third-order valence-corrected chi connectivity index (χ3v) is 3.84. The van der Waals surface area contributed by atoms with Gasteiger partial charge in [0.15, 0.2) is 0 Å². The molecule has 144 valence electrons. The topological polar surface area (TPSA) is 105 Å². The number of allylic oxidation sites excluding steroid dienone is 1. The Kier molecular flexibility index (Phi) is 12.4. The van der Waals surface area contributed by atoms with Crippen LogP contribution >= 0.6 is 0 Å². The van der Waals surface area contributed by atoms with Crippen LogP contribution in [0.3, 0.4) is 0 Å². The zero-order valence-electron chi connectivity index (χ0n) is 15.5. The number of carboxylic acid groups (broad SMARTS) is 1. The standard InChI is InChI=1S/C18H32N2O5/c1-5-7-8-9-10-11-15(6-2)25-12-16(21)19-13(3)17(22)20-14(4)18(23)24/h5,13-15H,1,6-12H2,2-4H3,(H,19,21)(H,20,22)(H,23,24)/t13-,14-,15?/m0/s1. The summed E-state index contributed by atoms with van der Waals surface area (Å²) in [4.78, 5) is 34.4. The molecule has 0 spiro atoms. The minimum absolute atomic E-state index is 0.0191. The number of carboxylic acids is 1. The highest BCUT2D eigenvalue weighted by molar-refractivity contribution is 5.90. The van der Waals surface area contributed by atoms with Crippen molar-refractivity contribution in [1.29, 1.82) is 0 Å². The molecule has 0 heterocycles. The lowest BCUT2D eigenvalue weighted by Crippen LogP contribution is -2.50. The summed E-state index contributed by atoms with van der Waals surface area (Å²) in [6.45, 7) is 8.45. The van der Waals surface area contributed by atoms with Gasteiger partial charge in [0.2, 0.25) is 11.8 Å². The predicted molar refractivity (Wildman–Crippen MR) is 96.2 cm³/mol. The lowest BCUT2D eigenvalue weighted by Gasteiger charge is -2.18. The van der Waals surface area contributed by atoms with Gasteiger partial charge < -0.3 is 20.5 Å². The van der Waals surface area contributed by atoms with Crippen molar-refractivity contribution in [3.8, 4) is 0 Å². The molecular formula is C18H32N2O5. The van der Waals surface area contributed by atoms with Gasteiger partial charge in [-0.25, -0.2) is 0 Å². The second-order valence-electron chi connectivity index (χ2n) is 6.13. The van der Waals surface area contributed by atoms with E-state index in [0.29, 0.717) is 0 Å². The normalized spacial score (nSPS) is 14.2. The first-order valence-corrected chi connectivity index (χ1v) is 8.86. The van der Waals surface area contributed by atoms with Crippen molar-refractivity contribution in [2.45, 2.75) is 77.5 Å². The van der Waals surface area contributed by atoms with Crippen molar-refractivity contribution in [1.82, 2.24) is 10.6 Å². The number of aliphatic carboxylic acids is 1. The Morgan fingerprint density at radius 1 is 1.12 bits per heavy atom. The van der Waals surface area contributed by atoms with Crippen LogP contribution in [0.1, 0.15) is 59.3 Å². The summed E-state index contributed by atoms with van der Waals surface area (Å²) in [5.74, 6) is -2.07. The lowest BCUT2D eigenvalue weighted by atomic mass is 10.1. The molecule has 0 radical (unpaired) electrons. The van der Waals surface area contributed by atoms with Crippen LogP contribution in [0.25, 0.3) is 0 Å². The number of carbonyl (C=O) groups is 3. The molecule has 0 aliphatic rings. The van der Waals surface area contributed by atoms with E-state index in [1.54, 1.807) is 0 Å². The highest BCUT2D eigenvalue weighted by Gasteiger charge is 2.20. The van der Waals surface area contributed by atoms with Crippen molar-refractivity contribution in [2.75, 3.05) is 6.61 Å². The molecule has 0 saturated heterocycles. The molecule has 0 aliphatic carbocycles. The maximum Gasteiger partial charge on any atom is 0.325 e. The fourth-order valence-corrected chi connectivity index (χ4v) is 2.19. The van der Waals surface area contributed by atoms with Crippen molar-refractivity contribution < 1.29 is 24.2 Å². The molecule has 25 heavy (non-hydrogen) atoms. The van der Waals surface area contributed by atoms with Gasteiger partial charge in [-0.15, -0.1) is 6.58 Å². The molecule has 3 atom stereocenters. The summed E-state index contributed by atoms with van der Waals surface area (Å²) in [6, 6.07) is -1.83. The van der Waals surface area contributed by atoms with Crippen molar-refractivity contribution in [3.05, 3.63) is 12.7 Å². The molecule has 0 aliphatic heterocycles. The number of hydrogen-bond acceptors (Lipinski definition) is 4. The van der Waals surface area contributed by atoms with Crippen molar-refractivity contribution in [2.24, 2.45) is 0 Å². The molecule has 0 bridgehead atoms. The molecule has 2 amide bonds. The fourth-order valence-electron chi connectivity index (χ4n) is 2.19. The smallest absolute Gasteiger partial charge is 0.325 e. The van der Waals surface area contributed by atoms with Crippen LogP contribution < -0.4 is 10.6 Å². The van der Waals surface area contributed by atoms with Crippen molar-refractivity contribution in [3.63, 3.8) is 0 Å². The molecule has 0 aromatic carbocycles. The van der Waals surface area contributed by atoms with Crippen molar-refractivity contribution >= 4 is 17.8 Å². The monoisotopic (exact) mass is 356 g/mol. The predicted octanol–water partition coefficient (Wildman–Crippen LogP) is 2.01. The number of unbranched alkanes of at least 4 members (excludes halogenated alkanes) is 3. The van der Waals surface area contributed by atoms with E-state index in [4.69, 9.17) is 9.84 Å². The van der Waals surface area contributed by atoms with Crippen LogP contribution in [-0.4, -0.2) is 47.7 Å². The average molecular weight is 356 g/mol. The quantitative estimate of drug-likeness (QED) is 0.326. The van der Waals surface area contributed by atoms with Crippen LogP contribution in [0.2, 0.25) is 0 Å². The van der Waals surface area contributed by atoms with Gasteiger partial charge in [-0.1, -0.05) is 25.8 Å². The molecule has 3 N–H and O–H groups in total. The Balaban J connectivity index is 4.07. The number of rotatable bonds is 14. The number of ether oxygens (including phenoxy) is 1. The Hall–Kier alpha value is -1.89. The van der Waals surface area contributed by atoms with Crippen LogP contribution in [0, 0.1) is 0 Å². The van der Waals surface area contributed by atoms with Crippen LogP contribution in [0.15, 0.2) is 12.7 Å². The summed E-state index contributed by atoms with van der Waals surface area (Å²) in [5.41, 5.74) is 0. The maximum atomic E-state index is 11.9. The number of amides is 2. The second-order valence-corrected chi connectivity index (χ2v) is 6.13. The van der Waals surface area contributed by atoms with Gasteiger partial charge in [-0.2, -0.15) is 0 Å². The fraction of sp³-hybridized carbons (Fsp3) is 0.722. The first-order chi connectivity index (χ1) is 11.8. The highest BCUT2D eigenvalue weighted by atomic mass is 16.5. The lowest BCUT2D eigenvalue weighted by molar-refractivity contribution is -0.141. The minimum atomic E-state index is -1.13. The summed E-state index contributed by atoms with van der Waals surface area (Å²) >= 11 is 0. The molecule has 7 nitrogen and oxygen atoms in total. The third kappa shape index (κ3) is 11.3. The van der Waals surface area contributed by atoms with E-state index in [-0.39, 0.29) is 12.7 Å². The summed E-state index contributed by atoms with van der Waals surface area (Å²) in [5, 5.41) is 13.6. The van der Waals surface area contributed by atoms with E-state index in [2.05, 4.69) is 17.2 Å². The van der Waals surface area contributed by atoms with Gasteiger partial charge >= 0.3 is 5.97 Å². The van der Waals surface area contributed by atoms with E-state index in [1.807, 2.05) is 13.0 Å². The molecule has 0 rings (SSSR count). The largest absolute Gasteiger partial charge is 0.480 e. The summed E-state index contributed by atoms with van der Waals surface area (Å²) in [7, 11) is 0. The van der Waals surface area contributed by atoms with Gasteiger partial charge in [0.1, 0.15) is 18.7 Å². The Labute approximate surface area is 150 Å². The van der Waals surface area contributed by atoms with Gasteiger partial charge in [-0.3, -0.25) is 14.4 Å². The molecule has 0 saturated carbocycles. The highest BCUT2D eigenvalue weighted by Crippen LogP contribution is 2.11. The number of nitrogens with one attached hydrogen (secondary N) is 2. The molecule has 0 aromatic heterocycles. The summed E-state index contributed by atoms with van der Waals surface area (Å²) < 4.78 is 5.60. The van der Waals surface area contributed by atoms with Crippen LogP contribution in [0.5, 0.6) is 0 Å². The van der Waals surface area contributed by atoms with Crippen LogP contribution in [0.4, 0.5) is 0 Å². The zero-order valence-corrected chi connectivity index (χ0v) is 15.5. The van der Waals surface area contributed by atoms with Crippen LogP contribution in [-0.2, 0) is 19.1 Å². The van der Waals surface area contributed by atoms with Gasteiger partial charge in [0, 0.05) is 0 Å². The zero-order chi connectivity index (χ0) is 19.2. The van der Waals surface area contributed by atoms with E-state index in [9.17, 15) is 14.4 Å². The molecule has 0 fully saturated rings. The van der Waals surface area contributed by atoms with Gasteiger partial charge in [0.25, 0.3) is 0 Å². The third-order valence-electron chi connectivity index (χ3n) is 3.84.